The summed E-state index contributed by atoms with van der Waals surface area (Å²) in [5.74, 6) is 0.385. The molecule has 7 nitrogen and oxygen atoms in total. The molecule has 0 radical (unpaired) electrons. The molecule has 3 aromatic rings. The third kappa shape index (κ3) is 5.33. The summed E-state index contributed by atoms with van der Waals surface area (Å²) in [6, 6.07) is 9.73. The first-order valence-electron chi connectivity index (χ1n) is 9.32. The van der Waals surface area contributed by atoms with Crippen molar-refractivity contribution in [2.45, 2.75) is 32.4 Å². The Bertz CT molecular complexity index is 1100. The van der Waals surface area contributed by atoms with Crippen molar-refractivity contribution in [1.82, 2.24) is 14.5 Å². The Labute approximate surface area is 195 Å². The number of hydrogen-bond acceptors (Lipinski definition) is 6. The van der Waals surface area contributed by atoms with Crippen LogP contribution in [0, 0.1) is 14.9 Å². The van der Waals surface area contributed by atoms with Gasteiger partial charge in [0.2, 0.25) is 0 Å². The fraction of sp³-hybridized carbons (Fsp3) is 0.316. The van der Waals surface area contributed by atoms with Gasteiger partial charge in [0.25, 0.3) is 0 Å². The van der Waals surface area contributed by atoms with Crippen molar-refractivity contribution in [2.24, 2.45) is 0 Å². The van der Waals surface area contributed by atoms with Gasteiger partial charge in [-0.3, -0.25) is 4.57 Å². The molecule has 156 valence electrons. The molecule has 0 spiro atoms. The molecule has 0 unspecified atom stereocenters. The average molecular weight is 555 g/mol. The Morgan fingerprint density at radius 2 is 2.10 bits per heavy atom. The van der Waals surface area contributed by atoms with Gasteiger partial charge in [-0.05, 0) is 46.2 Å². The van der Waals surface area contributed by atoms with E-state index in [9.17, 15) is 5.02 Å². The minimum absolute atomic E-state index is 0.206. The molecule has 0 fully saturated rings. The lowest BCUT2D eigenvalue weighted by Gasteiger charge is -2.17. The monoisotopic (exact) mass is 554 g/mol. The van der Waals surface area contributed by atoms with Crippen LogP contribution in [-0.2, 0) is 11.5 Å². The molecular weight excluding hydrogens is 533 g/mol. The van der Waals surface area contributed by atoms with Crippen LogP contribution in [0.2, 0.25) is 30.8 Å². The SMILES string of the molecule is C[Si](C)(C)CCOCn1c(OB(O)c2cccc(C#N)c2)c(I)c2c(Cl)ncnc21. The van der Waals surface area contributed by atoms with Crippen molar-refractivity contribution in [2.75, 3.05) is 6.61 Å². The van der Waals surface area contributed by atoms with Crippen molar-refractivity contribution in [3.05, 3.63) is 44.9 Å². The van der Waals surface area contributed by atoms with Crippen LogP contribution in [0.5, 0.6) is 5.88 Å². The lowest BCUT2D eigenvalue weighted by atomic mass is 9.79. The zero-order chi connectivity index (χ0) is 21.9. The largest absolute Gasteiger partial charge is 0.561 e. The number of nitriles is 1. The molecule has 2 aromatic heterocycles. The summed E-state index contributed by atoms with van der Waals surface area (Å²) < 4.78 is 14.2. The van der Waals surface area contributed by atoms with Crippen LogP contribution in [0.25, 0.3) is 11.0 Å². The molecule has 0 saturated heterocycles. The summed E-state index contributed by atoms with van der Waals surface area (Å²) >= 11 is 8.41. The van der Waals surface area contributed by atoms with Crippen molar-refractivity contribution >= 4 is 65.9 Å². The number of halogens is 2. The molecule has 0 bridgehead atoms. The molecule has 3 rings (SSSR count). The second-order valence-electron chi connectivity index (χ2n) is 7.97. The van der Waals surface area contributed by atoms with Crippen LogP contribution in [0.1, 0.15) is 5.56 Å². The van der Waals surface area contributed by atoms with E-state index >= 15 is 0 Å². The summed E-state index contributed by atoms with van der Waals surface area (Å²) in [4.78, 5) is 8.40. The molecule has 0 aliphatic rings. The number of hydrogen-bond donors (Lipinski definition) is 1. The summed E-state index contributed by atoms with van der Waals surface area (Å²) in [5, 5.41) is 20.7. The topological polar surface area (TPSA) is 93.2 Å². The highest BCUT2D eigenvalue weighted by Gasteiger charge is 2.27. The predicted octanol–water partition coefficient (Wildman–Crippen LogP) is 3.64. The van der Waals surface area contributed by atoms with Crippen LogP contribution in [-0.4, -0.2) is 41.4 Å². The Morgan fingerprint density at radius 1 is 1.33 bits per heavy atom. The van der Waals surface area contributed by atoms with E-state index in [1.165, 1.54) is 6.33 Å². The number of ether oxygens (including phenoxy) is 1. The maximum atomic E-state index is 10.7. The lowest BCUT2D eigenvalue weighted by Crippen LogP contribution is -2.37. The van der Waals surface area contributed by atoms with Crippen LogP contribution in [0.4, 0.5) is 0 Å². The quantitative estimate of drug-likeness (QED) is 0.198. The van der Waals surface area contributed by atoms with Gasteiger partial charge in [-0.15, -0.1) is 0 Å². The van der Waals surface area contributed by atoms with E-state index in [1.807, 2.05) is 0 Å². The zero-order valence-electron chi connectivity index (χ0n) is 16.9. The Morgan fingerprint density at radius 3 is 2.80 bits per heavy atom. The van der Waals surface area contributed by atoms with Gasteiger partial charge in [0.15, 0.2) is 11.5 Å². The zero-order valence-corrected chi connectivity index (χ0v) is 20.8. The van der Waals surface area contributed by atoms with Crippen molar-refractivity contribution in [3.8, 4) is 11.9 Å². The molecule has 11 heteroatoms. The minimum atomic E-state index is -1.27. The van der Waals surface area contributed by atoms with Gasteiger partial charge in [0, 0.05) is 14.7 Å². The van der Waals surface area contributed by atoms with Gasteiger partial charge in [-0.2, -0.15) is 5.26 Å². The second kappa shape index (κ2) is 9.66. The maximum absolute atomic E-state index is 10.7. The first kappa shape index (κ1) is 23.0. The van der Waals surface area contributed by atoms with E-state index in [-0.39, 0.29) is 6.73 Å². The Balaban J connectivity index is 1.93. The fourth-order valence-corrected chi connectivity index (χ4v) is 4.83. The molecule has 0 atom stereocenters. The van der Waals surface area contributed by atoms with E-state index < -0.39 is 15.2 Å². The molecule has 0 aliphatic heterocycles. The molecule has 1 aromatic carbocycles. The number of nitrogens with zero attached hydrogens (tertiary/aromatic N) is 4. The van der Waals surface area contributed by atoms with Crippen molar-refractivity contribution in [1.29, 1.82) is 5.26 Å². The third-order valence-electron chi connectivity index (χ3n) is 4.43. The van der Waals surface area contributed by atoms with Gasteiger partial charge in [-0.25, -0.2) is 9.97 Å². The summed E-state index contributed by atoms with van der Waals surface area (Å²) in [6.07, 6.45) is 1.38. The van der Waals surface area contributed by atoms with E-state index in [0.29, 0.717) is 43.3 Å². The lowest BCUT2D eigenvalue weighted by molar-refractivity contribution is 0.0859. The minimum Gasteiger partial charge on any atom is -0.519 e. The first-order chi connectivity index (χ1) is 14.2. The average Bonchev–Trinajstić information content (AvgIpc) is 2.97. The Hall–Kier alpha value is -1.65. The van der Waals surface area contributed by atoms with Gasteiger partial charge in [0.1, 0.15) is 18.2 Å². The highest BCUT2D eigenvalue weighted by Crippen LogP contribution is 2.35. The van der Waals surface area contributed by atoms with E-state index in [1.54, 1.807) is 28.8 Å². The summed E-state index contributed by atoms with van der Waals surface area (Å²) in [7, 11) is -2.50. The highest BCUT2D eigenvalue weighted by atomic mass is 127. The Kier molecular flexibility index (Phi) is 7.41. The first-order valence-corrected chi connectivity index (χ1v) is 14.5. The van der Waals surface area contributed by atoms with E-state index in [0.717, 1.165) is 6.04 Å². The third-order valence-corrected chi connectivity index (χ3v) is 7.42. The summed E-state index contributed by atoms with van der Waals surface area (Å²) in [6.45, 7) is 7.70. The maximum Gasteiger partial charge on any atom is 0.561 e. The number of benzene rings is 1. The van der Waals surface area contributed by atoms with Gasteiger partial charge < -0.3 is 14.4 Å². The molecular formula is C19H21BClIN4O3Si. The smallest absolute Gasteiger partial charge is 0.519 e. The van der Waals surface area contributed by atoms with Gasteiger partial charge in [0.05, 0.1) is 20.6 Å². The number of fused-ring (bicyclic) bond motifs is 1. The van der Waals surface area contributed by atoms with Crippen molar-refractivity contribution in [3.63, 3.8) is 0 Å². The van der Waals surface area contributed by atoms with E-state index in [4.69, 9.17) is 26.3 Å². The predicted molar refractivity (Wildman–Crippen MR) is 129 cm³/mol. The molecule has 0 amide bonds. The van der Waals surface area contributed by atoms with Crippen LogP contribution in [0.3, 0.4) is 0 Å². The standard InChI is InChI=1S/C19H21BClIN4O3Si/c1-30(2,3)8-7-28-12-26-18-15(17(21)24-11-25-18)16(22)19(26)29-20(27)14-6-4-5-13(9-14)10-23/h4-6,9,11,27H,7-8,12H2,1-3H3. The molecule has 30 heavy (non-hydrogen) atoms. The molecule has 2 heterocycles. The van der Waals surface area contributed by atoms with Crippen molar-refractivity contribution < 1.29 is 14.4 Å². The van der Waals surface area contributed by atoms with Gasteiger partial charge >= 0.3 is 7.12 Å². The fourth-order valence-electron chi connectivity index (χ4n) is 2.78. The van der Waals surface area contributed by atoms with Crippen LogP contribution < -0.4 is 10.1 Å². The van der Waals surface area contributed by atoms with Crippen LogP contribution in [0.15, 0.2) is 30.6 Å². The van der Waals surface area contributed by atoms with E-state index in [2.05, 4.69) is 58.3 Å². The number of rotatable bonds is 8. The van der Waals surface area contributed by atoms with Gasteiger partial charge in [-0.1, -0.05) is 43.4 Å². The van der Waals surface area contributed by atoms with Crippen LogP contribution >= 0.6 is 34.2 Å². The molecule has 0 saturated carbocycles. The second-order valence-corrected chi connectivity index (χ2v) is 15.0. The summed E-state index contributed by atoms with van der Waals surface area (Å²) in [5.41, 5.74) is 1.48. The molecule has 1 N–H and O–H groups in total. The normalized spacial score (nSPS) is 11.5. The molecule has 0 aliphatic carbocycles. The highest BCUT2D eigenvalue weighted by molar-refractivity contribution is 14.1. The number of aromatic nitrogens is 3.